The molecule has 0 spiro atoms. The number of carbonyl (C=O) groups excluding carboxylic acids is 3. The van der Waals surface area contributed by atoms with Gasteiger partial charge in [-0.2, -0.15) is 0 Å². The Labute approximate surface area is 172 Å². The van der Waals surface area contributed by atoms with Crippen molar-refractivity contribution in [3.63, 3.8) is 0 Å². The fourth-order valence-corrected chi connectivity index (χ4v) is 6.27. The molecular formula is C24H30N2O3. The van der Waals surface area contributed by atoms with Gasteiger partial charge in [0.1, 0.15) is 5.78 Å². The number of Topliss-reactive ketones (excluding diaryl/α,β-unsaturated/α-hetero) is 1. The van der Waals surface area contributed by atoms with Crippen LogP contribution in [0.5, 0.6) is 0 Å². The number of ketones is 1. The summed E-state index contributed by atoms with van der Waals surface area (Å²) in [7, 11) is 0. The van der Waals surface area contributed by atoms with E-state index < -0.39 is 0 Å². The van der Waals surface area contributed by atoms with Crippen molar-refractivity contribution in [2.45, 2.75) is 57.3 Å². The van der Waals surface area contributed by atoms with Gasteiger partial charge in [0, 0.05) is 36.5 Å². The molecule has 1 aromatic carbocycles. The zero-order valence-corrected chi connectivity index (χ0v) is 16.9. The summed E-state index contributed by atoms with van der Waals surface area (Å²) in [6.45, 7) is 1.46. The van der Waals surface area contributed by atoms with Gasteiger partial charge in [0.2, 0.25) is 11.8 Å². The number of nitrogens with one attached hydrogen (secondary N) is 1. The van der Waals surface area contributed by atoms with Crippen molar-refractivity contribution in [3.8, 4) is 0 Å². The van der Waals surface area contributed by atoms with Crippen LogP contribution in [0.15, 0.2) is 24.3 Å². The Morgan fingerprint density at radius 3 is 2.28 bits per heavy atom. The molecule has 29 heavy (non-hydrogen) atoms. The zero-order chi connectivity index (χ0) is 20.0. The molecule has 4 aliphatic rings. The van der Waals surface area contributed by atoms with E-state index in [2.05, 4.69) is 11.4 Å². The molecule has 2 bridgehead atoms. The molecule has 2 saturated carbocycles. The number of carbonyl (C=O) groups is 3. The first-order valence-corrected chi connectivity index (χ1v) is 11.3. The van der Waals surface area contributed by atoms with E-state index in [-0.39, 0.29) is 35.5 Å². The lowest BCUT2D eigenvalue weighted by atomic mass is 9.72. The van der Waals surface area contributed by atoms with Crippen molar-refractivity contribution in [1.82, 2.24) is 4.90 Å². The maximum Gasteiger partial charge on any atom is 0.232 e. The van der Waals surface area contributed by atoms with Crippen LogP contribution in [0.25, 0.3) is 0 Å². The minimum absolute atomic E-state index is 0.0212. The number of benzene rings is 1. The number of amides is 2. The highest BCUT2D eigenvalue weighted by Gasteiger charge is 2.43. The predicted molar refractivity (Wildman–Crippen MR) is 110 cm³/mol. The van der Waals surface area contributed by atoms with E-state index in [0.29, 0.717) is 11.7 Å². The number of rotatable bonds is 2. The van der Waals surface area contributed by atoms with Gasteiger partial charge in [-0.05, 0) is 56.1 Å². The van der Waals surface area contributed by atoms with Crippen LogP contribution in [0.4, 0.5) is 5.69 Å². The van der Waals surface area contributed by atoms with E-state index in [4.69, 9.17) is 0 Å². The Morgan fingerprint density at radius 1 is 0.931 bits per heavy atom. The summed E-state index contributed by atoms with van der Waals surface area (Å²) in [5.74, 6) is 1.23. The van der Waals surface area contributed by atoms with Crippen LogP contribution < -0.4 is 5.32 Å². The molecular weight excluding hydrogens is 364 g/mol. The quantitative estimate of drug-likeness (QED) is 0.831. The van der Waals surface area contributed by atoms with Crippen LogP contribution in [-0.2, 0) is 14.4 Å². The maximum absolute atomic E-state index is 13.2. The van der Waals surface area contributed by atoms with Crippen LogP contribution >= 0.6 is 0 Å². The highest BCUT2D eigenvalue weighted by molar-refractivity contribution is 6.03. The standard InChI is InChI=1S/C24H30N2O3/c27-22-16-5-1-2-6-17(22)14-18(13-16)24(29)26-11-9-15(10-12-26)21-19-7-3-4-8-20(19)25-23(21)28/h3-4,7-8,15-18,21H,1-2,5-6,9-14H2,(H,25,28). The van der Waals surface area contributed by atoms with E-state index >= 15 is 0 Å². The van der Waals surface area contributed by atoms with Crippen molar-refractivity contribution < 1.29 is 14.4 Å². The Hall–Kier alpha value is -2.17. The summed E-state index contributed by atoms with van der Waals surface area (Å²) >= 11 is 0. The van der Waals surface area contributed by atoms with Crippen LogP contribution in [0.2, 0.25) is 0 Å². The molecule has 5 heteroatoms. The number of anilines is 1. The van der Waals surface area contributed by atoms with Gasteiger partial charge in [-0.15, -0.1) is 0 Å². The summed E-state index contributed by atoms with van der Waals surface area (Å²) in [5.41, 5.74) is 2.05. The second-order valence-electron chi connectivity index (χ2n) is 9.47. The highest BCUT2D eigenvalue weighted by atomic mass is 16.2. The Kier molecular flexibility index (Phi) is 4.92. The lowest BCUT2D eigenvalue weighted by molar-refractivity contribution is -0.142. The molecule has 2 aliphatic heterocycles. The van der Waals surface area contributed by atoms with E-state index in [9.17, 15) is 14.4 Å². The molecule has 2 heterocycles. The second kappa shape index (κ2) is 7.58. The van der Waals surface area contributed by atoms with Crippen molar-refractivity contribution in [2.75, 3.05) is 18.4 Å². The van der Waals surface area contributed by atoms with Crippen molar-refractivity contribution in [3.05, 3.63) is 29.8 Å². The third-order valence-corrected chi connectivity index (χ3v) is 7.81. The van der Waals surface area contributed by atoms with E-state index in [1.807, 2.05) is 23.1 Å². The van der Waals surface area contributed by atoms with Crippen LogP contribution in [0, 0.1) is 23.7 Å². The molecule has 0 aromatic heterocycles. The summed E-state index contributed by atoms with van der Waals surface area (Å²) in [4.78, 5) is 40.3. The average Bonchev–Trinajstić information content (AvgIpc) is 3.04. The lowest BCUT2D eigenvalue weighted by Crippen LogP contribution is -2.46. The first-order chi connectivity index (χ1) is 14.1. The van der Waals surface area contributed by atoms with Gasteiger partial charge >= 0.3 is 0 Å². The zero-order valence-electron chi connectivity index (χ0n) is 16.9. The first-order valence-electron chi connectivity index (χ1n) is 11.3. The van der Waals surface area contributed by atoms with Crippen molar-refractivity contribution in [2.24, 2.45) is 23.7 Å². The number of nitrogens with zero attached hydrogens (tertiary/aromatic N) is 1. The number of hydrogen-bond donors (Lipinski definition) is 1. The summed E-state index contributed by atoms with van der Waals surface area (Å²) < 4.78 is 0. The Morgan fingerprint density at radius 2 is 1.59 bits per heavy atom. The fraction of sp³-hybridized carbons (Fsp3) is 0.625. The number of likely N-dealkylation sites (tertiary alicyclic amines) is 1. The molecule has 1 aromatic rings. The van der Waals surface area contributed by atoms with Gasteiger partial charge in [-0.25, -0.2) is 0 Å². The third-order valence-electron chi connectivity index (χ3n) is 7.81. The maximum atomic E-state index is 13.2. The first kappa shape index (κ1) is 18.8. The molecule has 2 aliphatic carbocycles. The monoisotopic (exact) mass is 394 g/mol. The molecule has 5 nitrogen and oxygen atoms in total. The van der Waals surface area contributed by atoms with E-state index in [1.54, 1.807) is 0 Å². The minimum atomic E-state index is -0.0846. The Bertz CT molecular complexity index is 809. The normalized spacial score (nSPS) is 32.5. The predicted octanol–water partition coefficient (Wildman–Crippen LogP) is 3.75. The molecule has 154 valence electrons. The SMILES string of the molecule is O=C1C2CCCCC1CC(C(=O)N1CCC(C3C(=O)Nc4ccccc43)CC1)C2. The third kappa shape index (κ3) is 3.38. The van der Waals surface area contributed by atoms with Crippen LogP contribution in [0.1, 0.15) is 62.8 Å². The number of piperidine rings is 1. The molecule has 5 rings (SSSR count). The second-order valence-corrected chi connectivity index (χ2v) is 9.47. The van der Waals surface area contributed by atoms with E-state index in [1.165, 1.54) is 0 Å². The minimum Gasteiger partial charge on any atom is -0.342 e. The molecule has 1 saturated heterocycles. The summed E-state index contributed by atoms with van der Waals surface area (Å²) in [6.07, 6.45) is 7.45. The number of hydrogen-bond acceptors (Lipinski definition) is 3. The lowest BCUT2D eigenvalue weighted by Gasteiger charge is -2.38. The molecule has 0 radical (unpaired) electrons. The highest BCUT2D eigenvalue weighted by Crippen LogP contribution is 2.43. The average molecular weight is 395 g/mol. The van der Waals surface area contributed by atoms with Gasteiger partial charge in [0.15, 0.2) is 0 Å². The van der Waals surface area contributed by atoms with Crippen molar-refractivity contribution >= 4 is 23.3 Å². The molecule has 2 amide bonds. The number of fused-ring (bicyclic) bond motifs is 3. The molecule has 3 atom stereocenters. The fourth-order valence-electron chi connectivity index (χ4n) is 6.27. The molecule has 3 fully saturated rings. The van der Waals surface area contributed by atoms with Gasteiger partial charge < -0.3 is 10.2 Å². The van der Waals surface area contributed by atoms with Crippen LogP contribution in [0.3, 0.4) is 0 Å². The van der Waals surface area contributed by atoms with Crippen LogP contribution in [-0.4, -0.2) is 35.6 Å². The number of para-hydroxylation sites is 1. The molecule has 3 unspecified atom stereocenters. The smallest absolute Gasteiger partial charge is 0.232 e. The Balaban J connectivity index is 1.23. The largest absolute Gasteiger partial charge is 0.342 e. The van der Waals surface area contributed by atoms with Gasteiger partial charge in [0.05, 0.1) is 5.92 Å². The van der Waals surface area contributed by atoms with E-state index in [0.717, 1.165) is 75.7 Å². The summed E-state index contributed by atoms with van der Waals surface area (Å²) in [5, 5.41) is 3.01. The summed E-state index contributed by atoms with van der Waals surface area (Å²) in [6, 6.07) is 7.97. The van der Waals surface area contributed by atoms with Crippen molar-refractivity contribution in [1.29, 1.82) is 0 Å². The molecule has 1 N–H and O–H groups in total. The van der Waals surface area contributed by atoms with Gasteiger partial charge in [-0.1, -0.05) is 31.0 Å². The van der Waals surface area contributed by atoms with Gasteiger partial charge in [-0.3, -0.25) is 14.4 Å². The van der Waals surface area contributed by atoms with Gasteiger partial charge in [0.25, 0.3) is 0 Å². The topological polar surface area (TPSA) is 66.5 Å².